The van der Waals surface area contributed by atoms with E-state index < -0.39 is 0 Å². The molecule has 0 saturated heterocycles. The molecule has 0 radical (unpaired) electrons. The van der Waals surface area contributed by atoms with Crippen LogP contribution in [0.4, 0.5) is 0 Å². The Balaban J connectivity index is 2.44. The maximum atomic E-state index is 5.88. The number of rotatable bonds is 2. The number of benzene rings is 2. The van der Waals surface area contributed by atoms with Crippen molar-refractivity contribution >= 4 is 36.7 Å². The molecule has 2 aromatic rings. The quantitative estimate of drug-likeness (QED) is 0.580. The third-order valence-corrected chi connectivity index (χ3v) is 3.72. The summed E-state index contributed by atoms with van der Waals surface area (Å²) in [6.07, 6.45) is 2.11. The molecule has 0 saturated carbocycles. The third kappa shape index (κ3) is 2.45. The van der Waals surface area contributed by atoms with Crippen LogP contribution in [0.2, 0.25) is 5.02 Å². The molecule has 3 heteroatoms. The molecule has 0 bridgehead atoms. The van der Waals surface area contributed by atoms with Crippen molar-refractivity contribution in [2.24, 2.45) is 0 Å². The highest BCUT2D eigenvalue weighted by molar-refractivity contribution is 7.98. The molecule has 0 heterocycles. The minimum Gasteiger partial charge on any atom is -0.130 e. The molecular formula is C13H12BClS. The summed E-state index contributed by atoms with van der Waals surface area (Å²) in [7, 11) is 2.14. The molecule has 16 heavy (non-hydrogen) atoms. The first-order valence-corrected chi connectivity index (χ1v) is 6.71. The lowest BCUT2D eigenvalue weighted by molar-refractivity contribution is 1.51. The topological polar surface area (TPSA) is 0 Å². The summed E-state index contributed by atoms with van der Waals surface area (Å²) >= 11 is 7.66. The molecule has 0 aliphatic heterocycles. The summed E-state index contributed by atoms with van der Waals surface area (Å²) in [6.45, 7) is 0. The van der Waals surface area contributed by atoms with Gasteiger partial charge in [-0.15, -0.1) is 11.8 Å². The van der Waals surface area contributed by atoms with E-state index in [4.69, 9.17) is 11.6 Å². The zero-order chi connectivity index (χ0) is 11.5. The summed E-state index contributed by atoms with van der Waals surface area (Å²) < 4.78 is 0. The highest BCUT2D eigenvalue weighted by Gasteiger charge is 2.01. The van der Waals surface area contributed by atoms with Crippen molar-refractivity contribution in [3.05, 3.63) is 47.5 Å². The smallest absolute Gasteiger partial charge is 0.130 e. The van der Waals surface area contributed by atoms with Crippen LogP contribution in [0.3, 0.4) is 0 Å². The van der Waals surface area contributed by atoms with Gasteiger partial charge in [-0.25, -0.2) is 0 Å². The van der Waals surface area contributed by atoms with Gasteiger partial charge < -0.3 is 0 Å². The molecule has 0 N–H and O–H groups in total. The molecule has 0 aliphatic carbocycles. The molecular weight excluding hydrogens is 234 g/mol. The van der Waals surface area contributed by atoms with Crippen LogP contribution in [0.5, 0.6) is 0 Å². The Labute approximate surface area is 106 Å². The van der Waals surface area contributed by atoms with Crippen LogP contribution in [0.25, 0.3) is 11.1 Å². The first-order valence-electron chi connectivity index (χ1n) is 5.11. The largest absolute Gasteiger partial charge is 0.140 e. The van der Waals surface area contributed by atoms with Gasteiger partial charge in [0.05, 0.1) is 0 Å². The molecule has 0 atom stereocenters. The lowest BCUT2D eigenvalue weighted by atomic mass is 9.93. The molecule has 0 aliphatic rings. The maximum absolute atomic E-state index is 5.88. The van der Waals surface area contributed by atoms with Crippen molar-refractivity contribution in [2.75, 3.05) is 6.26 Å². The average molecular weight is 247 g/mol. The lowest BCUT2D eigenvalue weighted by Crippen LogP contribution is -2.04. The van der Waals surface area contributed by atoms with E-state index in [1.54, 1.807) is 11.8 Å². The molecule has 2 aromatic carbocycles. The van der Waals surface area contributed by atoms with E-state index in [0.717, 1.165) is 5.02 Å². The van der Waals surface area contributed by atoms with E-state index in [2.05, 4.69) is 44.4 Å². The number of hydrogen-bond acceptors (Lipinski definition) is 1. The summed E-state index contributed by atoms with van der Waals surface area (Å²) in [4.78, 5) is 1.33. The second-order valence-electron chi connectivity index (χ2n) is 3.69. The van der Waals surface area contributed by atoms with E-state index in [1.165, 1.54) is 21.5 Å². The second kappa shape index (κ2) is 4.98. The molecule has 80 valence electrons. The van der Waals surface area contributed by atoms with Crippen LogP contribution in [0.15, 0.2) is 47.4 Å². The number of hydrogen-bond donors (Lipinski definition) is 0. The van der Waals surface area contributed by atoms with Gasteiger partial charge in [0.25, 0.3) is 0 Å². The highest BCUT2D eigenvalue weighted by atomic mass is 35.5. The highest BCUT2D eigenvalue weighted by Crippen LogP contribution is 2.24. The van der Waals surface area contributed by atoms with Gasteiger partial charge in [0.1, 0.15) is 7.85 Å². The van der Waals surface area contributed by atoms with Crippen molar-refractivity contribution in [3.63, 3.8) is 0 Å². The fraction of sp³-hybridized carbons (Fsp3) is 0.0769. The predicted octanol–water partition coefficient (Wildman–Crippen LogP) is 2.99. The first kappa shape index (κ1) is 11.6. The fourth-order valence-corrected chi connectivity index (χ4v) is 2.40. The van der Waals surface area contributed by atoms with E-state index >= 15 is 0 Å². The Morgan fingerprint density at radius 1 is 1.00 bits per heavy atom. The van der Waals surface area contributed by atoms with Gasteiger partial charge in [0.2, 0.25) is 0 Å². The Morgan fingerprint density at radius 2 is 1.62 bits per heavy atom. The lowest BCUT2D eigenvalue weighted by Gasteiger charge is -2.07. The predicted molar refractivity (Wildman–Crippen MR) is 76.8 cm³/mol. The first-order chi connectivity index (χ1) is 7.70. The van der Waals surface area contributed by atoms with Crippen molar-refractivity contribution in [1.82, 2.24) is 0 Å². The fourth-order valence-electron chi connectivity index (χ4n) is 1.64. The van der Waals surface area contributed by atoms with Crippen LogP contribution in [0, 0.1) is 0 Å². The molecule has 0 spiro atoms. The molecule has 2 rings (SSSR count). The van der Waals surface area contributed by atoms with Gasteiger partial charge in [-0.3, -0.25) is 0 Å². The van der Waals surface area contributed by atoms with Crippen molar-refractivity contribution in [1.29, 1.82) is 0 Å². The normalized spacial score (nSPS) is 10.4. The van der Waals surface area contributed by atoms with Crippen LogP contribution < -0.4 is 5.46 Å². The van der Waals surface area contributed by atoms with Gasteiger partial charge >= 0.3 is 0 Å². The minimum atomic E-state index is 0.779. The Morgan fingerprint density at radius 3 is 2.25 bits per heavy atom. The standard InChI is InChI=1S/C13H12BClS/c1-16-13-8-10(4-7-12(13)14)9-2-5-11(15)6-3-9/h2-8H,14H2,1H3. The van der Waals surface area contributed by atoms with Crippen LogP contribution in [-0.4, -0.2) is 14.1 Å². The second-order valence-corrected chi connectivity index (χ2v) is 4.98. The summed E-state index contributed by atoms with van der Waals surface area (Å²) in [5.41, 5.74) is 3.77. The third-order valence-electron chi connectivity index (χ3n) is 2.59. The Hall–Kier alpha value is -0.855. The zero-order valence-corrected chi connectivity index (χ0v) is 10.9. The SMILES string of the molecule is Bc1ccc(-c2ccc(Cl)cc2)cc1SC. The van der Waals surface area contributed by atoms with Gasteiger partial charge in [-0.2, -0.15) is 0 Å². The summed E-state index contributed by atoms with van der Waals surface area (Å²) in [5.74, 6) is 0. The molecule has 0 fully saturated rings. The van der Waals surface area contributed by atoms with Crippen molar-refractivity contribution in [3.8, 4) is 11.1 Å². The van der Waals surface area contributed by atoms with Gasteiger partial charge in [0, 0.05) is 9.92 Å². The van der Waals surface area contributed by atoms with Crippen LogP contribution in [-0.2, 0) is 0 Å². The Bertz CT molecular complexity index is 494. The Kier molecular flexibility index (Phi) is 3.62. The summed E-state index contributed by atoms with van der Waals surface area (Å²) in [5, 5.41) is 0.779. The summed E-state index contributed by atoms with van der Waals surface area (Å²) in [6, 6.07) is 14.5. The van der Waals surface area contributed by atoms with Gasteiger partial charge in [-0.05, 0) is 35.6 Å². The van der Waals surface area contributed by atoms with E-state index in [9.17, 15) is 0 Å². The molecule has 0 amide bonds. The molecule has 0 aromatic heterocycles. The molecule has 0 unspecified atom stereocenters. The van der Waals surface area contributed by atoms with Crippen LogP contribution >= 0.6 is 23.4 Å². The van der Waals surface area contributed by atoms with E-state index in [-0.39, 0.29) is 0 Å². The van der Waals surface area contributed by atoms with Crippen molar-refractivity contribution < 1.29 is 0 Å². The zero-order valence-electron chi connectivity index (χ0n) is 9.33. The molecule has 0 nitrogen and oxygen atoms in total. The van der Waals surface area contributed by atoms with Crippen LogP contribution in [0.1, 0.15) is 0 Å². The average Bonchev–Trinajstić information content (AvgIpc) is 2.31. The van der Waals surface area contributed by atoms with Gasteiger partial charge in [0.15, 0.2) is 0 Å². The van der Waals surface area contributed by atoms with E-state index in [0.29, 0.717) is 0 Å². The van der Waals surface area contributed by atoms with E-state index in [1.807, 2.05) is 12.1 Å². The number of halogens is 1. The van der Waals surface area contributed by atoms with Crippen molar-refractivity contribution in [2.45, 2.75) is 4.90 Å². The maximum Gasteiger partial charge on any atom is 0.140 e. The monoisotopic (exact) mass is 246 g/mol. The number of thioether (sulfide) groups is 1. The van der Waals surface area contributed by atoms with Gasteiger partial charge in [-0.1, -0.05) is 41.3 Å². The minimum absolute atomic E-state index is 0.779.